The van der Waals surface area contributed by atoms with Crippen LogP contribution in [0.15, 0.2) is 46.3 Å². The van der Waals surface area contributed by atoms with Gasteiger partial charge in [-0.1, -0.05) is 249 Å². The molecule has 0 spiro atoms. The first-order chi connectivity index (χ1) is 46.2. The molecule has 0 atom stereocenters. The second kappa shape index (κ2) is 29.0. The monoisotopic (exact) mass is 1440 g/mol. The fourth-order valence-electron chi connectivity index (χ4n) is 10.9. The van der Waals surface area contributed by atoms with Gasteiger partial charge in [0.05, 0.1) is 98.1 Å². The van der Waals surface area contributed by atoms with Crippen LogP contribution in [-0.2, 0) is 65.0 Å². The Morgan fingerprint density at radius 3 is 0.912 bits per heavy atom. The van der Waals surface area contributed by atoms with Crippen molar-refractivity contribution in [3.63, 3.8) is 0 Å². The van der Waals surface area contributed by atoms with Crippen LogP contribution in [-0.4, -0.2) is 94.5 Å². The number of imidazole rings is 1. The van der Waals surface area contributed by atoms with E-state index in [0.29, 0.717) is 5.65 Å². The Morgan fingerprint density at radius 1 is 0.275 bits per heavy atom. The third-order valence-corrected chi connectivity index (χ3v) is 18.3. The lowest BCUT2D eigenvalue weighted by atomic mass is 9.81. The molecule has 0 saturated carbocycles. The maximum absolute atomic E-state index is 4.83. The maximum atomic E-state index is 4.83. The minimum atomic E-state index is -0.0250. The molecular formula is C80H119N19S3. The number of thiophene rings is 2. The molecule has 22 heteroatoms. The number of aromatic nitrogens is 19. The lowest BCUT2D eigenvalue weighted by Crippen LogP contribution is -2.25. The third-order valence-electron chi connectivity index (χ3n) is 16.2. The van der Waals surface area contributed by atoms with Crippen LogP contribution in [0.2, 0.25) is 0 Å². The van der Waals surface area contributed by atoms with E-state index in [0.717, 1.165) is 129 Å². The van der Waals surface area contributed by atoms with Gasteiger partial charge in [0.2, 0.25) is 0 Å². The summed E-state index contributed by atoms with van der Waals surface area (Å²) in [5.74, 6) is 0. The van der Waals surface area contributed by atoms with Gasteiger partial charge in [0, 0.05) is 81.1 Å². The molecule has 3 N–H and O–H groups in total. The molecule has 0 amide bonds. The molecule has 19 nitrogen and oxygen atoms in total. The van der Waals surface area contributed by atoms with E-state index in [9.17, 15) is 0 Å². The summed E-state index contributed by atoms with van der Waals surface area (Å²) in [4.78, 5) is 65.2. The van der Waals surface area contributed by atoms with Crippen LogP contribution in [0.1, 0.15) is 318 Å². The lowest BCUT2D eigenvalue weighted by molar-refractivity contribution is 0.502. The zero-order chi connectivity index (χ0) is 77.1. The van der Waals surface area contributed by atoms with Gasteiger partial charge >= 0.3 is 0 Å². The molecular weight excluding hydrogens is 1320 g/mol. The summed E-state index contributed by atoms with van der Waals surface area (Å²) in [5.41, 5.74) is 22.3. The minimum absolute atomic E-state index is 0.00569. The van der Waals surface area contributed by atoms with E-state index in [-0.39, 0.29) is 65.0 Å². The molecule has 0 aromatic carbocycles. The quantitative estimate of drug-likeness (QED) is 0.128. The molecule has 0 aliphatic carbocycles. The van der Waals surface area contributed by atoms with Crippen LogP contribution in [0.3, 0.4) is 0 Å². The normalized spacial score (nSPS) is 13.3. The highest BCUT2D eigenvalue weighted by Gasteiger charge is 2.35. The Balaban J connectivity index is 0.000000172. The molecule has 0 unspecified atom stereocenters. The highest BCUT2D eigenvalue weighted by molar-refractivity contribution is 7.16. The minimum Gasteiger partial charge on any atom is -0.328 e. The molecule has 552 valence electrons. The van der Waals surface area contributed by atoms with E-state index in [1.807, 2.05) is 5.38 Å². The lowest BCUT2D eigenvalue weighted by Gasteiger charge is -2.27. The van der Waals surface area contributed by atoms with Crippen LogP contribution in [0.5, 0.6) is 0 Å². The Kier molecular flexibility index (Phi) is 23.3. The molecule has 0 saturated heterocycles. The number of H-pyrrole nitrogens is 3. The van der Waals surface area contributed by atoms with E-state index in [2.05, 4.69) is 311 Å². The highest BCUT2D eigenvalue weighted by Crippen LogP contribution is 2.39. The predicted octanol–water partition coefficient (Wildman–Crippen LogP) is 21.1. The molecule has 0 radical (unpaired) electrons. The number of rotatable bonds is 0. The highest BCUT2D eigenvalue weighted by atomic mass is 32.1. The van der Waals surface area contributed by atoms with Gasteiger partial charge in [0.1, 0.15) is 26.9 Å². The fraction of sp³-hybridized carbons (Fsp3) is 0.600. The summed E-state index contributed by atoms with van der Waals surface area (Å²) in [6.07, 6.45) is 5.09. The van der Waals surface area contributed by atoms with Crippen molar-refractivity contribution in [3.8, 4) is 0 Å². The molecule has 102 heavy (non-hydrogen) atoms. The first kappa shape index (κ1) is 82.0. The first-order valence-electron chi connectivity index (χ1n) is 35.5. The average Bonchev–Trinajstić information content (AvgIpc) is 1.47. The van der Waals surface area contributed by atoms with Crippen LogP contribution in [0.4, 0.5) is 0 Å². The average molecular weight is 1440 g/mol. The van der Waals surface area contributed by atoms with E-state index in [1.54, 1.807) is 41.4 Å². The van der Waals surface area contributed by atoms with Crippen molar-refractivity contribution in [2.45, 2.75) is 314 Å². The number of nitrogens with zero attached hydrogens (tertiary/aromatic N) is 16. The standard InChI is InChI=1S/2C14H20N2S.3C13H20N4.C13H19N3S/c1-13(2,3)11-12(14(4,5)6)16-10-8-17-7-9(10)15-11;1-13(2,3)10-11(14(4,5)6)16-12-9(15-10)7-8-17-12;1-12(2,3)8-9(13(4,5)6)17-11-10(16-8)14-7-15-11;2*1-12(2,3)9-10(13(4,5)6)16-11-8(15-9)7-14-17-11;1-12(2,3)9-10(13(4,5)6)15-11-8(14-9)7-17-16-11/h2*7-8H,1-6H3;7H,1-6H3,(H,14,15,16,17);2*7H,1-6H3,(H,14,16,17);7H,1-6H3. The SMILES string of the molecule is CC(C)(C)c1nc2ccsc2nc1C(C)(C)C.CC(C)(C)c1nc2cn[nH]c2nc1C(C)(C)C.CC(C)(C)c1nc2cn[nH]c2nc1C(C)(C)C.CC(C)(C)c1nc2cscc2nc1C(C)(C)C.CC(C)(C)c1nc2csnc2nc1C(C)(C)C.CC(C)(C)c1nc2nc[nH]c2nc1C(C)(C)C. The van der Waals surface area contributed by atoms with Crippen molar-refractivity contribution in [3.05, 3.63) is 115 Å². The zero-order valence-corrected chi connectivity index (χ0v) is 70.9. The van der Waals surface area contributed by atoms with Crippen LogP contribution >= 0.6 is 34.2 Å². The van der Waals surface area contributed by atoms with Crippen molar-refractivity contribution < 1.29 is 0 Å². The number of fused-ring (bicyclic) bond motifs is 6. The third kappa shape index (κ3) is 20.1. The Bertz CT molecular complexity index is 3760. The fourth-order valence-corrected chi connectivity index (χ4v) is 12.8. The van der Waals surface area contributed by atoms with Crippen molar-refractivity contribution in [2.24, 2.45) is 0 Å². The largest absolute Gasteiger partial charge is 0.328 e. The molecule has 0 aliphatic heterocycles. The molecule has 12 aromatic rings. The summed E-state index contributed by atoms with van der Waals surface area (Å²) in [6, 6.07) is 2.05. The van der Waals surface area contributed by atoms with Crippen LogP contribution in [0.25, 0.3) is 66.2 Å². The van der Waals surface area contributed by atoms with Crippen molar-refractivity contribution in [2.75, 3.05) is 0 Å². The molecule has 12 aromatic heterocycles. The van der Waals surface area contributed by atoms with Crippen molar-refractivity contribution in [1.82, 2.24) is 94.5 Å². The summed E-state index contributed by atoms with van der Waals surface area (Å²) < 4.78 is 4.28. The second-order valence-electron chi connectivity index (χ2n) is 39.1. The molecule has 12 heterocycles. The van der Waals surface area contributed by atoms with Crippen LogP contribution < -0.4 is 0 Å². The Labute approximate surface area is 619 Å². The smallest absolute Gasteiger partial charge is 0.197 e. The Morgan fingerprint density at radius 2 is 0.559 bits per heavy atom. The van der Waals surface area contributed by atoms with E-state index in [4.69, 9.17) is 54.8 Å². The van der Waals surface area contributed by atoms with Gasteiger partial charge < -0.3 is 4.98 Å². The molecule has 12 rings (SSSR count). The Hall–Kier alpha value is -7.30. The van der Waals surface area contributed by atoms with Gasteiger partial charge in [-0.2, -0.15) is 14.6 Å². The summed E-state index contributed by atoms with van der Waals surface area (Å²) in [7, 11) is 0. The predicted molar refractivity (Wildman–Crippen MR) is 429 cm³/mol. The van der Waals surface area contributed by atoms with Crippen molar-refractivity contribution >= 4 is 100 Å². The van der Waals surface area contributed by atoms with E-state index >= 15 is 0 Å². The topological polar surface area (TPSA) is 254 Å². The first-order valence-corrected chi connectivity index (χ1v) is 38.1. The number of hydrogen-bond acceptors (Lipinski definition) is 19. The summed E-state index contributed by atoms with van der Waals surface area (Å²) >= 11 is 4.75. The van der Waals surface area contributed by atoms with E-state index < -0.39 is 0 Å². The molecule has 0 aliphatic rings. The van der Waals surface area contributed by atoms with Crippen LogP contribution in [0, 0.1) is 0 Å². The van der Waals surface area contributed by atoms with Gasteiger partial charge in [-0.05, 0) is 23.0 Å². The summed E-state index contributed by atoms with van der Waals surface area (Å²) in [5, 5.41) is 21.9. The second-order valence-corrected chi connectivity index (χ2v) is 41.4. The maximum Gasteiger partial charge on any atom is 0.197 e. The molecule has 0 bridgehead atoms. The zero-order valence-electron chi connectivity index (χ0n) is 68.5. The number of nitrogens with one attached hydrogen (secondary N) is 3. The van der Waals surface area contributed by atoms with Crippen molar-refractivity contribution in [1.29, 1.82) is 0 Å². The van der Waals surface area contributed by atoms with Gasteiger partial charge in [-0.15, -0.1) is 22.7 Å². The molecule has 0 fully saturated rings. The summed E-state index contributed by atoms with van der Waals surface area (Å²) in [6.45, 7) is 78.4. The van der Waals surface area contributed by atoms with Gasteiger partial charge in [0.15, 0.2) is 28.2 Å². The number of hydrogen-bond donors (Lipinski definition) is 3. The number of aromatic amines is 3. The van der Waals surface area contributed by atoms with Gasteiger partial charge in [-0.25, -0.2) is 64.8 Å². The van der Waals surface area contributed by atoms with Gasteiger partial charge in [0.25, 0.3) is 0 Å². The van der Waals surface area contributed by atoms with Gasteiger partial charge in [-0.3, -0.25) is 10.2 Å². The van der Waals surface area contributed by atoms with E-state index in [1.165, 1.54) is 11.5 Å².